The maximum Gasteiger partial charge on any atom is 4.00 e. The summed E-state index contributed by atoms with van der Waals surface area (Å²) in [5.41, 5.74) is 4.74. The second kappa shape index (κ2) is 19.5. The van der Waals surface area contributed by atoms with Crippen LogP contribution in [0.5, 0.6) is 0 Å². The topological polar surface area (TPSA) is 0 Å². The maximum atomic E-state index is 2.57. The van der Waals surface area contributed by atoms with Gasteiger partial charge in [-0.15, -0.1) is 0 Å². The van der Waals surface area contributed by atoms with Gasteiger partial charge in [0.05, 0.1) is 8.07 Å². The molecular formula is C28H45Cl3SiTi. The van der Waals surface area contributed by atoms with Gasteiger partial charge in [-0.05, 0) is 42.7 Å². The van der Waals surface area contributed by atoms with Gasteiger partial charge in [-0.2, -0.15) is 16.8 Å². The van der Waals surface area contributed by atoms with Gasteiger partial charge in [0.1, 0.15) is 0 Å². The maximum absolute atomic E-state index is 2.57. The Morgan fingerprint density at radius 3 is 1.67 bits per heavy atom. The van der Waals surface area contributed by atoms with E-state index in [4.69, 9.17) is 0 Å². The molecule has 0 heterocycles. The molecule has 0 aliphatic rings. The van der Waals surface area contributed by atoms with Crippen LogP contribution in [0, 0.1) is 0 Å². The van der Waals surface area contributed by atoms with Crippen molar-refractivity contribution < 1.29 is 58.9 Å². The van der Waals surface area contributed by atoms with Crippen LogP contribution in [0.2, 0.25) is 13.1 Å². The number of rotatable bonds is 13. The molecule has 0 fully saturated rings. The summed E-state index contributed by atoms with van der Waals surface area (Å²) in [6.45, 7) is 14.4. The van der Waals surface area contributed by atoms with Crippen molar-refractivity contribution in [2.75, 3.05) is 0 Å². The predicted molar refractivity (Wildman–Crippen MR) is 135 cm³/mol. The van der Waals surface area contributed by atoms with Crippen molar-refractivity contribution >= 4 is 18.4 Å². The molecule has 0 bridgehead atoms. The number of halogens is 3. The molecule has 0 aromatic heterocycles. The van der Waals surface area contributed by atoms with Crippen LogP contribution in [-0.2, 0) is 34.6 Å². The van der Waals surface area contributed by atoms with Crippen LogP contribution in [0.1, 0.15) is 102 Å². The minimum Gasteiger partial charge on any atom is -1.00 e. The Morgan fingerprint density at radius 2 is 1.24 bits per heavy atom. The number of benzene rings is 1. The molecule has 0 atom stereocenters. The third-order valence-electron chi connectivity index (χ3n) is 6.56. The second-order valence-corrected chi connectivity index (χ2v) is 14.2. The van der Waals surface area contributed by atoms with Gasteiger partial charge in [-0.1, -0.05) is 103 Å². The van der Waals surface area contributed by atoms with Crippen LogP contribution in [0.3, 0.4) is 0 Å². The van der Waals surface area contributed by atoms with Crippen LogP contribution < -0.4 is 47.6 Å². The molecule has 2 rings (SSSR count). The molecule has 0 spiro atoms. The van der Waals surface area contributed by atoms with Crippen LogP contribution in [0.4, 0.5) is 0 Å². The summed E-state index contributed by atoms with van der Waals surface area (Å²) >= 11 is 0. The van der Waals surface area contributed by atoms with Crippen molar-refractivity contribution in [1.29, 1.82) is 0 Å². The molecule has 0 unspecified atom stereocenters. The quantitative estimate of drug-likeness (QED) is 0.160. The first-order chi connectivity index (χ1) is 13.9. The molecule has 0 saturated heterocycles. The molecule has 0 radical (unpaired) electrons. The molecule has 186 valence electrons. The number of hydrogen-bond donors (Lipinski definition) is 0. The summed E-state index contributed by atoms with van der Waals surface area (Å²) in [4.78, 5) is 0. The van der Waals surface area contributed by atoms with E-state index in [2.05, 4.69) is 77.2 Å². The van der Waals surface area contributed by atoms with Gasteiger partial charge in [0.25, 0.3) is 0 Å². The fourth-order valence-corrected chi connectivity index (χ4v) is 7.60. The van der Waals surface area contributed by atoms with E-state index in [1.165, 1.54) is 64.2 Å². The molecule has 0 aliphatic carbocycles. The largest absolute Gasteiger partial charge is 4.00 e. The summed E-state index contributed by atoms with van der Waals surface area (Å²) in [5, 5.41) is 3.29. The minimum absolute atomic E-state index is 0. The second-order valence-electron chi connectivity index (χ2n) is 9.83. The van der Waals surface area contributed by atoms with Gasteiger partial charge < -0.3 is 37.2 Å². The summed E-state index contributed by atoms with van der Waals surface area (Å²) in [6, 6.07) is 14.7. The fraction of sp³-hybridized carbons (Fsp3) is 0.607. The Kier molecular flexibility index (Phi) is 22.5. The van der Waals surface area contributed by atoms with Crippen LogP contribution in [0.15, 0.2) is 36.4 Å². The molecule has 0 N–H and O–H groups in total. The van der Waals surface area contributed by atoms with Gasteiger partial charge in [0, 0.05) is 0 Å². The third kappa shape index (κ3) is 11.8. The zero-order valence-corrected chi connectivity index (χ0v) is 26.6. The van der Waals surface area contributed by atoms with Crippen LogP contribution >= 0.6 is 0 Å². The molecule has 2 aromatic rings. The first-order valence-electron chi connectivity index (χ1n) is 12.3. The van der Waals surface area contributed by atoms with Crippen LogP contribution in [0.25, 0.3) is 0 Å². The van der Waals surface area contributed by atoms with Crippen molar-refractivity contribution in [3.05, 3.63) is 53.1 Å². The monoisotopic (exact) mass is 562 g/mol. The molecule has 2 aromatic carbocycles. The first kappa shape index (κ1) is 37.9. The normalized spacial score (nSPS) is 10.6. The van der Waals surface area contributed by atoms with Crippen molar-refractivity contribution in [3.8, 4) is 0 Å². The van der Waals surface area contributed by atoms with E-state index in [-0.39, 0.29) is 58.9 Å². The fourth-order valence-electron chi connectivity index (χ4n) is 4.59. The van der Waals surface area contributed by atoms with E-state index >= 15 is 0 Å². The van der Waals surface area contributed by atoms with Crippen molar-refractivity contribution in [2.24, 2.45) is 0 Å². The van der Waals surface area contributed by atoms with E-state index in [9.17, 15) is 0 Å². The van der Waals surface area contributed by atoms with E-state index in [1.54, 1.807) is 27.1 Å². The van der Waals surface area contributed by atoms with Gasteiger partial charge in [0.15, 0.2) is 0 Å². The first-order valence-corrected chi connectivity index (χ1v) is 15.3. The summed E-state index contributed by atoms with van der Waals surface area (Å²) in [5.74, 6) is 0.609. The summed E-state index contributed by atoms with van der Waals surface area (Å²) in [7, 11) is -1.68. The number of hydrogen-bond acceptors (Lipinski definition) is 0. The molecule has 0 aliphatic heterocycles. The van der Waals surface area contributed by atoms with Crippen LogP contribution in [-0.4, -0.2) is 8.07 Å². The third-order valence-corrected chi connectivity index (χ3v) is 10.1. The summed E-state index contributed by atoms with van der Waals surface area (Å²) < 4.78 is 0. The Labute approximate surface area is 240 Å². The number of unbranched alkanes of at least 4 members (excludes halogenated alkanes) is 6. The van der Waals surface area contributed by atoms with E-state index in [0.717, 1.165) is 0 Å². The van der Waals surface area contributed by atoms with Crippen molar-refractivity contribution in [1.82, 2.24) is 0 Å². The van der Waals surface area contributed by atoms with Crippen molar-refractivity contribution in [3.63, 3.8) is 0 Å². The van der Waals surface area contributed by atoms with Crippen molar-refractivity contribution in [2.45, 2.75) is 111 Å². The van der Waals surface area contributed by atoms with E-state index < -0.39 is 8.07 Å². The molecule has 0 amide bonds. The predicted octanol–water partition coefficient (Wildman–Crippen LogP) is -1.39. The Balaban J connectivity index is -0.00000225. The summed E-state index contributed by atoms with van der Waals surface area (Å²) in [6.07, 6.45) is 13.3. The molecule has 0 nitrogen and oxygen atoms in total. The van der Waals surface area contributed by atoms with Gasteiger partial charge >= 0.3 is 21.7 Å². The molecular weight excluding hydrogens is 519 g/mol. The van der Waals surface area contributed by atoms with E-state index in [0.29, 0.717) is 5.92 Å². The average molecular weight is 564 g/mol. The zero-order valence-electron chi connectivity index (χ0n) is 21.7. The van der Waals surface area contributed by atoms with E-state index in [1.807, 2.05) is 0 Å². The zero-order chi connectivity index (χ0) is 21.3. The van der Waals surface area contributed by atoms with Gasteiger partial charge in [-0.3, -0.25) is 0 Å². The van der Waals surface area contributed by atoms with Gasteiger partial charge in [0.2, 0.25) is 0 Å². The Hall–Kier alpha value is 0.371. The molecule has 5 heteroatoms. The Bertz CT molecular complexity index is 710. The minimum atomic E-state index is -1.68. The Morgan fingerprint density at radius 1 is 0.758 bits per heavy atom. The molecule has 33 heavy (non-hydrogen) atoms. The number of aryl methyl sites for hydroxylation is 2. The SMILES string of the molecule is CCCCCCc1cc(CCCCCC)cc([Si](C)(C)[c-]2cccc2C(C)C)c1.[Cl-].[Cl-].[Cl-].[Ti+4]. The molecule has 0 saturated carbocycles. The smallest absolute Gasteiger partial charge is 1.00 e. The van der Waals surface area contributed by atoms with Gasteiger partial charge in [-0.25, -0.2) is 12.1 Å². The average Bonchev–Trinajstić information content (AvgIpc) is 3.20. The standard InChI is InChI=1S/C28H45Si.3ClH.Ti/c1-7-9-11-13-16-24-20-25(17-14-12-10-8-2)22-26(21-24)29(5,6)28-19-15-18-27(28)23(3)4;;;;/h15,18-23H,7-14,16-17H2,1-6H3;3*1H;/q-1;;;;+4/p-3.